The zero-order valence-corrected chi connectivity index (χ0v) is 19.9. The Labute approximate surface area is 194 Å². The zero-order chi connectivity index (χ0) is 19.9. The van der Waals surface area contributed by atoms with Gasteiger partial charge in [0.05, 0.1) is 0 Å². The van der Waals surface area contributed by atoms with Crippen LogP contribution in [0.2, 0.25) is 5.02 Å². The third kappa shape index (κ3) is 7.57. The molecule has 162 valence electrons. The van der Waals surface area contributed by atoms with E-state index in [0.29, 0.717) is 29.6 Å². The lowest BCUT2D eigenvalue weighted by Gasteiger charge is -2.36. The van der Waals surface area contributed by atoms with Crippen LogP contribution in [0.5, 0.6) is 0 Å². The van der Waals surface area contributed by atoms with Crippen molar-refractivity contribution in [3.63, 3.8) is 0 Å². The lowest BCUT2D eigenvalue weighted by atomic mass is 10.2. The number of amides is 1. The molecule has 1 aliphatic carbocycles. The standard InChI is InChI=1S/C20H29ClFN5O.HI/c1-23-20(24-9-3-6-19(28)25-15-7-8-15)27-12-10-26(11-13-27)14-16-17(21)4-2-5-18(16)22;/h2,4-5,15H,3,6-14H2,1H3,(H,23,24)(H,25,28);1H. The fourth-order valence-electron chi connectivity index (χ4n) is 3.33. The van der Waals surface area contributed by atoms with Crippen LogP contribution in [-0.2, 0) is 11.3 Å². The van der Waals surface area contributed by atoms with E-state index in [1.54, 1.807) is 19.2 Å². The van der Waals surface area contributed by atoms with Gasteiger partial charge in [-0.2, -0.15) is 0 Å². The predicted molar refractivity (Wildman–Crippen MR) is 125 cm³/mol. The Balaban J connectivity index is 0.00000300. The smallest absolute Gasteiger partial charge is 0.220 e. The molecular weight excluding hydrogens is 508 g/mol. The third-order valence-electron chi connectivity index (χ3n) is 5.13. The molecule has 0 bridgehead atoms. The van der Waals surface area contributed by atoms with Crippen molar-refractivity contribution in [2.24, 2.45) is 4.99 Å². The Hall–Kier alpha value is -1.13. The number of piperazine rings is 1. The first kappa shape index (κ1) is 24.1. The van der Waals surface area contributed by atoms with Gasteiger partial charge in [0.1, 0.15) is 5.82 Å². The normalized spacial score (nSPS) is 17.6. The van der Waals surface area contributed by atoms with E-state index < -0.39 is 0 Å². The average molecular weight is 538 g/mol. The first-order valence-electron chi connectivity index (χ1n) is 9.97. The quantitative estimate of drug-likeness (QED) is 0.243. The van der Waals surface area contributed by atoms with Gasteiger partial charge in [0.25, 0.3) is 0 Å². The van der Waals surface area contributed by atoms with Gasteiger partial charge in [-0.15, -0.1) is 24.0 Å². The molecule has 29 heavy (non-hydrogen) atoms. The summed E-state index contributed by atoms with van der Waals surface area (Å²) in [5, 5.41) is 6.82. The van der Waals surface area contributed by atoms with Crippen LogP contribution in [0.25, 0.3) is 0 Å². The highest BCUT2D eigenvalue weighted by Gasteiger charge is 2.23. The fraction of sp³-hybridized carbons (Fsp3) is 0.600. The van der Waals surface area contributed by atoms with Gasteiger partial charge in [-0.1, -0.05) is 17.7 Å². The lowest BCUT2D eigenvalue weighted by Crippen LogP contribution is -2.52. The molecule has 1 amide bonds. The number of hydrogen-bond donors (Lipinski definition) is 2. The number of hydrogen-bond acceptors (Lipinski definition) is 3. The van der Waals surface area contributed by atoms with E-state index in [2.05, 4.69) is 25.4 Å². The molecule has 1 heterocycles. The van der Waals surface area contributed by atoms with Gasteiger partial charge in [0.2, 0.25) is 5.91 Å². The first-order valence-corrected chi connectivity index (χ1v) is 10.3. The number of guanidine groups is 1. The van der Waals surface area contributed by atoms with E-state index >= 15 is 0 Å². The Kier molecular flexibility index (Phi) is 9.91. The summed E-state index contributed by atoms with van der Waals surface area (Å²) in [7, 11) is 1.77. The SMILES string of the molecule is CN=C(NCCCC(=O)NC1CC1)N1CCN(Cc2c(F)cccc2Cl)CC1.I. The third-order valence-corrected chi connectivity index (χ3v) is 5.49. The maximum Gasteiger partial charge on any atom is 0.220 e. The molecule has 2 N–H and O–H groups in total. The number of halogens is 3. The molecule has 0 aromatic heterocycles. The minimum Gasteiger partial charge on any atom is -0.356 e. The number of benzene rings is 1. The fourth-order valence-corrected chi connectivity index (χ4v) is 3.56. The molecule has 0 atom stereocenters. The monoisotopic (exact) mass is 537 g/mol. The Bertz CT molecular complexity index is 688. The summed E-state index contributed by atoms with van der Waals surface area (Å²) in [6.45, 7) is 4.49. The van der Waals surface area contributed by atoms with E-state index in [1.807, 2.05) is 0 Å². The minimum atomic E-state index is -0.252. The molecule has 3 rings (SSSR count). The van der Waals surface area contributed by atoms with Crippen molar-refractivity contribution in [2.45, 2.75) is 38.3 Å². The summed E-state index contributed by atoms with van der Waals surface area (Å²) < 4.78 is 14.0. The maximum absolute atomic E-state index is 14.0. The van der Waals surface area contributed by atoms with Crippen LogP contribution < -0.4 is 10.6 Å². The number of carbonyl (C=O) groups is 1. The Morgan fingerprint density at radius 1 is 1.28 bits per heavy atom. The molecule has 1 saturated heterocycles. The second kappa shape index (κ2) is 11.9. The zero-order valence-electron chi connectivity index (χ0n) is 16.8. The van der Waals surface area contributed by atoms with Crippen molar-refractivity contribution in [1.82, 2.24) is 20.4 Å². The molecule has 1 aromatic carbocycles. The highest BCUT2D eigenvalue weighted by atomic mass is 127. The van der Waals surface area contributed by atoms with Crippen molar-refractivity contribution in [3.05, 3.63) is 34.6 Å². The molecule has 0 unspecified atom stereocenters. The van der Waals surface area contributed by atoms with Crippen LogP contribution in [0, 0.1) is 5.82 Å². The van der Waals surface area contributed by atoms with Crippen LogP contribution in [0.15, 0.2) is 23.2 Å². The molecule has 2 fully saturated rings. The van der Waals surface area contributed by atoms with Crippen LogP contribution in [0.4, 0.5) is 4.39 Å². The molecule has 1 aromatic rings. The summed E-state index contributed by atoms with van der Waals surface area (Å²) in [6.07, 6.45) is 3.55. The van der Waals surface area contributed by atoms with E-state index in [-0.39, 0.29) is 35.7 Å². The second-order valence-electron chi connectivity index (χ2n) is 7.38. The molecule has 9 heteroatoms. The van der Waals surface area contributed by atoms with Crippen molar-refractivity contribution in [1.29, 1.82) is 0 Å². The van der Waals surface area contributed by atoms with E-state index in [1.165, 1.54) is 6.07 Å². The molecule has 0 radical (unpaired) electrons. The van der Waals surface area contributed by atoms with E-state index in [0.717, 1.165) is 57.9 Å². The summed E-state index contributed by atoms with van der Waals surface area (Å²) in [5.41, 5.74) is 0.560. The van der Waals surface area contributed by atoms with Gasteiger partial charge >= 0.3 is 0 Å². The van der Waals surface area contributed by atoms with Crippen molar-refractivity contribution < 1.29 is 9.18 Å². The molecule has 2 aliphatic rings. The van der Waals surface area contributed by atoms with Gasteiger partial charge in [0, 0.05) is 69.4 Å². The van der Waals surface area contributed by atoms with Crippen LogP contribution >= 0.6 is 35.6 Å². The summed E-state index contributed by atoms with van der Waals surface area (Å²) in [5.74, 6) is 0.740. The molecular formula is C20H30ClFIN5O. The molecule has 0 spiro atoms. The topological polar surface area (TPSA) is 60.0 Å². The molecule has 1 saturated carbocycles. The van der Waals surface area contributed by atoms with Crippen LogP contribution in [0.1, 0.15) is 31.2 Å². The van der Waals surface area contributed by atoms with Gasteiger partial charge in [0.15, 0.2) is 5.96 Å². The maximum atomic E-state index is 14.0. The summed E-state index contributed by atoms with van der Waals surface area (Å²) in [4.78, 5) is 20.5. The minimum absolute atomic E-state index is 0. The van der Waals surface area contributed by atoms with E-state index in [9.17, 15) is 9.18 Å². The van der Waals surface area contributed by atoms with Gasteiger partial charge in [-0.3, -0.25) is 14.7 Å². The number of carbonyl (C=O) groups excluding carboxylic acids is 1. The van der Waals surface area contributed by atoms with Crippen molar-refractivity contribution in [2.75, 3.05) is 39.8 Å². The molecule has 1 aliphatic heterocycles. The van der Waals surface area contributed by atoms with Crippen molar-refractivity contribution in [3.8, 4) is 0 Å². The second-order valence-corrected chi connectivity index (χ2v) is 7.79. The first-order chi connectivity index (χ1) is 13.6. The summed E-state index contributed by atoms with van der Waals surface area (Å²) in [6, 6.07) is 5.23. The molecule has 6 nitrogen and oxygen atoms in total. The highest BCUT2D eigenvalue weighted by Crippen LogP contribution is 2.21. The van der Waals surface area contributed by atoms with Crippen LogP contribution in [0.3, 0.4) is 0 Å². The number of aliphatic imine (C=N–C) groups is 1. The van der Waals surface area contributed by atoms with Gasteiger partial charge in [-0.05, 0) is 31.4 Å². The number of rotatable bonds is 7. The summed E-state index contributed by atoms with van der Waals surface area (Å²) >= 11 is 6.14. The van der Waals surface area contributed by atoms with E-state index in [4.69, 9.17) is 11.6 Å². The lowest BCUT2D eigenvalue weighted by molar-refractivity contribution is -0.121. The van der Waals surface area contributed by atoms with Gasteiger partial charge in [-0.25, -0.2) is 4.39 Å². The predicted octanol–water partition coefficient (Wildman–Crippen LogP) is 2.85. The number of nitrogens with one attached hydrogen (secondary N) is 2. The number of nitrogens with zero attached hydrogens (tertiary/aromatic N) is 3. The van der Waals surface area contributed by atoms with Crippen molar-refractivity contribution >= 4 is 47.4 Å². The largest absolute Gasteiger partial charge is 0.356 e. The Morgan fingerprint density at radius 3 is 2.62 bits per heavy atom. The van der Waals surface area contributed by atoms with Gasteiger partial charge < -0.3 is 15.5 Å². The highest BCUT2D eigenvalue weighted by molar-refractivity contribution is 14.0. The Morgan fingerprint density at radius 2 is 2.00 bits per heavy atom. The van der Waals surface area contributed by atoms with Crippen LogP contribution in [-0.4, -0.2) is 67.5 Å². The average Bonchev–Trinajstić information content (AvgIpc) is 3.49.